The van der Waals surface area contributed by atoms with Gasteiger partial charge in [-0.25, -0.2) is 0 Å². The normalized spacial score (nSPS) is 15.1. The van der Waals surface area contributed by atoms with E-state index in [1.165, 1.54) is 22.3 Å². The second-order valence-electron chi connectivity index (χ2n) is 8.01. The van der Waals surface area contributed by atoms with Gasteiger partial charge >= 0.3 is 177 Å². The zero-order valence-corrected chi connectivity index (χ0v) is 18.6. The number of hydrogen-bond donors (Lipinski definition) is 1. The molecule has 3 rings (SSSR count). The third-order valence-corrected chi connectivity index (χ3v) is 8.17. The first kappa shape index (κ1) is 20.8. The van der Waals surface area contributed by atoms with Crippen LogP contribution in [-0.2, 0) is 9.53 Å². The SMILES string of the molecule is CC(C)C[C@](C)(C[I-]C(=O)OCC1c2ccccc2-c2ccccc21)C(=O)O. The molecular weight excluding hydrogens is 467 g/mol. The van der Waals surface area contributed by atoms with Crippen molar-refractivity contribution in [1.29, 1.82) is 0 Å². The fourth-order valence-electron chi connectivity index (χ4n) is 3.93. The summed E-state index contributed by atoms with van der Waals surface area (Å²) in [4.78, 5) is 24.1. The molecule has 1 aliphatic carbocycles. The van der Waals surface area contributed by atoms with E-state index in [1.54, 1.807) is 6.92 Å². The Bertz CT molecular complexity index is 831. The number of alkyl halides is 1. The monoisotopic (exact) mass is 493 g/mol. The summed E-state index contributed by atoms with van der Waals surface area (Å²) in [6, 6.07) is 16.5. The van der Waals surface area contributed by atoms with Crippen LogP contribution in [0.4, 0.5) is 4.79 Å². The van der Waals surface area contributed by atoms with Crippen molar-refractivity contribution in [1.82, 2.24) is 0 Å². The second kappa shape index (κ2) is 8.64. The molecule has 2 aromatic rings. The Labute approximate surface area is 176 Å². The molecule has 0 amide bonds. The van der Waals surface area contributed by atoms with Crippen molar-refractivity contribution in [2.24, 2.45) is 11.3 Å². The van der Waals surface area contributed by atoms with Crippen molar-refractivity contribution >= 4 is 9.95 Å². The Kier molecular flexibility index (Phi) is 6.43. The van der Waals surface area contributed by atoms with Crippen LogP contribution in [0.3, 0.4) is 0 Å². The summed E-state index contributed by atoms with van der Waals surface area (Å²) in [5.41, 5.74) is 3.91. The van der Waals surface area contributed by atoms with Gasteiger partial charge in [-0.15, -0.1) is 0 Å². The molecule has 0 fully saturated rings. The molecule has 5 heteroatoms. The van der Waals surface area contributed by atoms with E-state index in [1.807, 2.05) is 38.1 Å². The zero-order chi connectivity index (χ0) is 20.3. The van der Waals surface area contributed by atoms with E-state index in [0.717, 1.165) is 0 Å². The minimum absolute atomic E-state index is 0.0434. The number of carbonyl (C=O) groups is 2. The van der Waals surface area contributed by atoms with Crippen LogP contribution in [-0.4, -0.2) is 26.1 Å². The minimum atomic E-state index is -0.994. The maximum absolute atomic E-state index is 12.4. The van der Waals surface area contributed by atoms with Crippen LogP contribution in [0, 0.1) is 11.3 Å². The molecule has 150 valence electrons. The van der Waals surface area contributed by atoms with Gasteiger partial charge in [0.2, 0.25) is 0 Å². The number of benzene rings is 2. The van der Waals surface area contributed by atoms with E-state index < -0.39 is 32.6 Å². The fourth-order valence-corrected chi connectivity index (χ4v) is 6.12. The molecule has 0 saturated heterocycles. The quantitative estimate of drug-likeness (QED) is 0.348. The number of ether oxygens (including phenoxy) is 1. The summed E-state index contributed by atoms with van der Waals surface area (Å²) in [7, 11) is 0. The number of carboxylic acid groups (broad SMARTS) is 1. The Morgan fingerprint density at radius 1 is 1.07 bits per heavy atom. The molecule has 0 heterocycles. The molecule has 1 aliphatic rings. The molecule has 1 atom stereocenters. The van der Waals surface area contributed by atoms with Crippen molar-refractivity contribution < 1.29 is 40.6 Å². The van der Waals surface area contributed by atoms with Gasteiger partial charge in [0.15, 0.2) is 0 Å². The van der Waals surface area contributed by atoms with Gasteiger partial charge in [-0.1, -0.05) is 0 Å². The summed E-state index contributed by atoms with van der Waals surface area (Å²) >= 11 is -0.994. The fraction of sp³-hybridized carbons (Fsp3) is 0.391. The summed E-state index contributed by atoms with van der Waals surface area (Å²) < 4.78 is 5.81. The van der Waals surface area contributed by atoms with Crippen LogP contribution in [0.15, 0.2) is 48.5 Å². The summed E-state index contributed by atoms with van der Waals surface area (Å²) in [6.45, 7) is 6.06. The molecule has 0 bridgehead atoms. The standard InChI is InChI=1S/C23H26IO4/c1-15(2)12-23(3,21(25)26)14-24-22(27)28-13-20-18-10-6-4-8-16(18)17-9-5-7-11-19(17)20/h4-11,15,20H,12-14H2,1-3H3,(H,25,26)/q-1/t23-/m1/s1. The first-order valence-corrected chi connectivity index (χ1v) is 12.1. The van der Waals surface area contributed by atoms with Crippen molar-refractivity contribution in [2.45, 2.75) is 33.1 Å². The van der Waals surface area contributed by atoms with Gasteiger partial charge in [-0.3, -0.25) is 0 Å². The number of hydrogen-bond acceptors (Lipinski definition) is 3. The molecule has 28 heavy (non-hydrogen) atoms. The van der Waals surface area contributed by atoms with E-state index in [9.17, 15) is 14.7 Å². The molecule has 0 spiro atoms. The number of carbonyl (C=O) groups excluding carboxylic acids is 1. The average molecular weight is 493 g/mol. The van der Waals surface area contributed by atoms with E-state index in [-0.39, 0.29) is 15.8 Å². The summed E-state index contributed by atoms with van der Waals surface area (Å²) in [5, 5.41) is 9.58. The van der Waals surface area contributed by atoms with E-state index >= 15 is 0 Å². The van der Waals surface area contributed by atoms with Crippen molar-refractivity contribution in [3.8, 4) is 11.1 Å². The Balaban J connectivity index is 1.64. The second-order valence-corrected chi connectivity index (χ2v) is 10.4. The molecule has 2 aromatic carbocycles. The molecular formula is C23H26IO4-. The zero-order valence-electron chi connectivity index (χ0n) is 16.4. The molecule has 0 radical (unpaired) electrons. The first-order chi connectivity index (χ1) is 13.3. The summed E-state index contributed by atoms with van der Waals surface area (Å²) in [5.74, 6) is -0.512. The topological polar surface area (TPSA) is 63.6 Å². The molecule has 0 saturated carbocycles. The number of rotatable bonds is 8. The van der Waals surface area contributed by atoms with Gasteiger partial charge in [0.05, 0.1) is 0 Å². The third-order valence-electron chi connectivity index (χ3n) is 5.17. The Morgan fingerprint density at radius 2 is 1.61 bits per heavy atom. The number of aliphatic carboxylic acids is 1. The van der Waals surface area contributed by atoms with Gasteiger partial charge in [-0.2, -0.15) is 0 Å². The molecule has 0 aromatic heterocycles. The van der Waals surface area contributed by atoms with Gasteiger partial charge in [0, 0.05) is 0 Å². The molecule has 0 aliphatic heterocycles. The van der Waals surface area contributed by atoms with Gasteiger partial charge in [-0.05, 0) is 0 Å². The van der Waals surface area contributed by atoms with Crippen LogP contribution in [0.25, 0.3) is 11.1 Å². The van der Waals surface area contributed by atoms with Crippen LogP contribution < -0.4 is 21.2 Å². The van der Waals surface area contributed by atoms with Crippen LogP contribution in [0.5, 0.6) is 0 Å². The van der Waals surface area contributed by atoms with Crippen LogP contribution >= 0.6 is 0 Å². The molecule has 0 unspecified atom stereocenters. The molecule has 1 N–H and O–H groups in total. The Hall–Kier alpha value is -1.89. The summed E-state index contributed by atoms with van der Waals surface area (Å²) in [6.07, 6.45) is 0.568. The third kappa shape index (κ3) is 4.40. The number of halogens is 1. The van der Waals surface area contributed by atoms with E-state index in [4.69, 9.17) is 4.74 Å². The van der Waals surface area contributed by atoms with Crippen LogP contribution in [0.2, 0.25) is 0 Å². The Morgan fingerprint density at radius 3 is 2.11 bits per heavy atom. The van der Waals surface area contributed by atoms with Crippen molar-refractivity contribution in [3.63, 3.8) is 0 Å². The van der Waals surface area contributed by atoms with Gasteiger partial charge in [0.1, 0.15) is 0 Å². The first-order valence-electron chi connectivity index (χ1n) is 9.49. The van der Waals surface area contributed by atoms with Crippen LogP contribution in [0.1, 0.15) is 44.2 Å². The van der Waals surface area contributed by atoms with Gasteiger partial charge < -0.3 is 0 Å². The van der Waals surface area contributed by atoms with E-state index in [0.29, 0.717) is 17.5 Å². The number of fused-ring (bicyclic) bond motifs is 3. The predicted molar refractivity (Wildman–Crippen MR) is 105 cm³/mol. The van der Waals surface area contributed by atoms with Crippen molar-refractivity contribution in [2.75, 3.05) is 11.0 Å². The number of carboxylic acids is 1. The predicted octanol–water partition coefficient (Wildman–Crippen LogP) is 2.16. The van der Waals surface area contributed by atoms with Gasteiger partial charge in [0.25, 0.3) is 0 Å². The van der Waals surface area contributed by atoms with E-state index in [2.05, 4.69) is 24.3 Å². The van der Waals surface area contributed by atoms with Crippen molar-refractivity contribution in [3.05, 3.63) is 59.7 Å². The maximum atomic E-state index is 12.4. The molecule has 4 nitrogen and oxygen atoms in total. The average Bonchev–Trinajstić information content (AvgIpc) is 2.98.